The summed E-state index contributed by atoms with van der Waals surface area (Å²) < 4.78 is 7.29. The Kier molecular flexibility index (Phi) is 7.23. The Morgan fingerprint density at radius 1 is 0.886 bits per heavy atom. The molecular weight excluding hydrogens is 576 g/mol. The molecule has 0 spiro atoms. The van der Waals surface area contributed by atoms with E-state index in [2.05, 4.69) is 43.2 Å². The van der Waals surface area contributed by atoms with Crippen LogP contribution in [0.15, 0.2) is 69.1 Å². The summed E-state index contributed by atoms with van der Waals surface area (Å²) in [5.74, 6) is -0.830. The molecule has 0 radical (unpaired) electrons. The van der Waals surface area contributed by atoms with Crippen LogP contribution in [-0.2, 0) is 16.2 Å². The normalized spacial score (nSPS) is 14.9. The van der Waals surface area contributed by atoms with Crippen LogP contribution in [0, 0.1) is 20.8 Å². The van der Waals surface area contributed by atoms with Crippen molar-refractivity contribution in [3.63, 3.8) is 0 Å². The number of amides is 4. The van der Waals surface area contributed by atoms with E-state index in [1.54, 1.807) is 24.3 Å². The van der Waals surface area contributed by atoms with Gasteiger partial charge in [-0.15, -0.1) is 0 Å². The van der Waals surface area contributed by atoms with Crippen LogP contribution in [0.1, 0.15) is 27.8 Å². The summed E-state index contributed by atoms with van der Waals surface area (Å²) in [4.78, 5) is 39.3. The van der Waals surface area contributed by atoms with Crippen molar-refractivity contribution in [1.29, 1.82) is 0 Å². The van der Waals surface area contributed by atoms with Crippen molar-refractivity contribution in [3.8, 4) is 5.75 Å². The fourth-order valence-electron chi connectivity index (χ4n) is 3.90. The van der Waals surface area contributed by atoms with Gasteiger partial charge in [-0.05, 0) is 105 Å². The number of urea groups is 1. The maximum Gasteiger partial charge on any atom is 0.335 e. The minimum absolute atomic E-state index is 0.143. The van der Waals surface area contributed by atoms with Crippen LogP contribution in [0.2, 0.25) is 0 Å². The Bertz CT molecular complexity index is 1350. The van der Waals surface area contributed by atoms with Gasteiger partial charge in [-0.25, -0.2) is 9.69 Å². The van der Waals surface area contributed by atoms with Gasteiger partial charge in [0.05, 0.1) is 14.6 Å². The molecule has 0 unspecified atom stereocenters. The summed E-state index contributed by atoms with van der Waals surface area (Å²) in [5.41, 5.74) is 4.83. The fourth-order valence-corrected chi connectivity index (χ4v) is 5.35. The molecule has 1 heterocycles. The monoisotopic (exact) mass is 596 g/mol. The van der Waals surface area contributed by atoms with E-state index in [1.165, 1.54) is 6.08 Å². The third-order valence-electron chi connectivity index (χ3n) is 5.36. The van der Waals surface area contributed by atoms with Gasteiger partial charge >= 0.3 is 6.03 Å². The SMILES string of the molecule is Cc1cccc(COc2c(Br)cc(/C=C3\C(=O)NC(=O)N(c4cc(C)cc(C)c4)C3=O)cc2Br)c1. The Morgan fingerprint density at radius 3 is 2.17 bits per heavy atom. The van der Waals surface area contributed by atoms with E-state index in [0.29, 0.717) is 32.6 Å². The van der Waals surface area contributed by atoms with Crippen molar-refractivity contribution in [2.75, 3.05) is 4.90 Å². The van der Waals surface area contributed by atoms with Crippen LogP contribution in [0.4, 0.5) is 10.5 Å². The van der Waals surface area contributed by atoms with Gasteiger partial charge < -0.3 is 4.74 Å². The van der Waals surface area contributed by atoms with Crippen molar-refractivity contribution in [3.05, 3.63) is 96.9 Å². The van der Waals surface area contributed by atoms with Gasteiger partial charge in [-0.1, -0.05) is 35.9 Å². The summed E-state index contributed by atoms with van der Waals surface area (Å²) in [6.07, 6.45) is 1.46. The second kappa shape index (κ2) is 10.2. The number of halogens is 2. The lowest BCUT2D eigenvalue weighted by Gasteiger charge is -2.27. The Balaban J connectivity index is 1.62. The zero-order chi connectivity index (χ0) is 25.3. The number of aryl methyl sites for hydroxylation is 3. The Labute approximate surface area is 220 Å². The van der Waals surface area contributed by atoms with Crippen LogP contribution >= 0.6 is 31.9 Å². The number of barbiturate groups is 1. The number of rotatable bonds is 5. The fraction of sp³-hybridized carbons (Fsp3) is 0.148. The zero-order valence-corrected chi connectivity index (χ0v) is 22.5. The van der Waals surface area contributed by atoms with Gasteiger partial charge in [0.15, 0.2) is 0 Å². The molecule has 1 aliphatic rings. The largest absolute Gasteiger partial charge is 0.487 e. The number of nitrogens with zero attached hydrogens (tertiary/aromatic N) is 1. The minimum Gasteiger partial charge on any atom is -0.487 e. The molecule has 8 heteroatoms. The van der Waals surface area contributed by atoms with Gasteiger partial charge in [0.1, 0.15) is 17.9 Å². The lowest BCUT2D eigenvalue weighted by atomic mass is 10.1. The average Bonchev–Trinajstić information content (AvgIpc) is 2.75. The van der Waals surface area contributed by atoms with E-state index >= 15 is 0 Å². The van der Waals surface area contributed by atoms with Crippen molar-refractivity contribution >= 4 is 61.5 Å². The van der Waals surface area contributed by atoms with E-state index in [-0.39, 0.29) is 5.57 Å². The predicted molar refractivity (Wildman–Crippen MR) is 142 cm³/mol. The summed E-state index contributed by atoms with van der Waals surface area (Å²) in [7, 11) is 0. The number of imide groups is 2. The van der Waals surface area contributed by atoms with Crippen LogP contribution < -0.4 is 15.0 Å². The number of carbonyl (C=O) groups is 3. The Morgan fingerprint density at radius 2 is 1.54 bits per heavy atom. The maximum absolute atomic E-state index is 13.2. The van der Waals surface area contributed by atoms with Crippen LogP contribution in [0.25, 0.3) is 6.08 Å². The van der Waals surface area contributed by atoms with E-state index in [0.717, 1.165) is 27.2 Å². The van der Waals surface area contributed by atoms with Gasteiger partial charge in [0.25, 0.3) is 11.8 Å². The molecule has 1 N–H and O–H groups in total. The summed E-state index contributed by atoms with van der Waals surface area (Å²) in [6, 6.07) is 16.2. The molecule has 4 rings (SSSR count). The molecule has 4 amide bonds. The van der Waals surface area contributed by atoms with Crippen molar-refractivity contribution < 1.29 is 19.1 Å². The molecule has 6 nitrogen and oxygen atoms in total. The van der Waals surface area contributed by atoms with E-state index in [1.807, 2.05) is 45.0 Å². The molecule has 0 aromatic heterocycles. The van der Waals surface area contributed by atoms with Crippen molar-refractivity contribution in [2.45, 2.75) is 27.4 Å². The van der Waals surface area contributed by atoms with Gasteiger partial charge in [0.2, 0.25) is 0 Å². The number of hydrogen-bond acceptors (Lipinski definition) is 4. The highest BCUT2D eigenvalue weighted by Crippen LogP contribution is 2.36. The van der Waals surface area contributed by atoms with E-state index in [4.69, 9.17) is 4.74 Å². The number of ether oxygens (including phenoxy) is 1. The standard InChI is InChI=1S/C27H22Br2N2O4/c1-15-5-4-6-18(8-15)14-35-24-22(28)12-19(13-23(24)29)11-21-25(32)30-27(34)31(26(21)33)20-9-16(2)7-17(3)10-20/h4-13H,14H2,1-3H3,(H,30,32,34)/b21-11+. The zero-order valence-electron chi connectivity index (χ0n) is 19.3. The van der Waals surface area contributed by atoms with Crippen molar-refractivity contribution in [2.24, 2.45) is 0 Å². The van der Waals surface area contributed by atoms with Crippen LogP contribution in [-0.4, -0.2) is 17.8 Å². The molecule has 0 aliphatic carbocycles. The minimum atomic E-state index is -0.774. The number of carbonyl (C=O) groups excluding carboxylic acids is 3. The first kappa shape index (κ1) is 24.9. The first-order chi connectivity index (χ1) is 16.6. The van der Waals surface area contributed by atoms with Crippen molar-refractivity contribution in [1.82, 2.24) is 5.32 Å². The average molecular weight is 598 g/mol. The van der Waals surface area contributed by atoms with Crippen LogP contribution in [0.5, 0.6) is 5.75 Å². The number of benzene rings is 3. The molecule has 1 fully saturated rings. The highest BCUT2D eigenvalue weighted by Gasteiger charge is 2.37. The quantitative estimate of drug-likeness (QED) is 0.273. The first-order valence-electron chi connectivity index (χ1n) is 10.8. The second-order valence-electron chi connectivity index (χ2n) is 8.40. The number of anilines is 1. The van der Waals surface area contributed by atoms with Gasteiger partial charge in [-0.2, -0.15) is 0 Å². The molecule has 35 heavy (non-hydrogen) atoms. The lowest BCUT2D eigenvalue weighted by molar-refractivity contribution is -0.122. The molecule has 0 atom stereocenters. The molecule has 1 saturated heterocycles. The lowest BCUT2D eigenvalue weighted by Crippen LogP contribution is -2.54. The van der Waals surface area contributed by atoms with Gasteiger partial charge in [-0.3, -0.25) is 14.9 Å². The third kappa shape index (κ3) is 5.55. The molecule has 178 valence electrons. The molecule has 0 bridgehead atoms. The van der Waals surface area contributed by atoms with E-state index < -0.39 is 17.8 Å². The third-order valence-corrected chi connectivity index (χ3v) is 6.54. The van der Waals surface area contributed by atoms with Crippen LogP contribution in [0.3, 0.4) is 0 Å². The number of nitrogens with one attached hydrogen (secondary N) is 1. The molecule has 3 aromatic rings. The second-order valence-corrected chi connectivity index (χ2v) is 10.1. The molecule has 1 aliphatic heterocycles. The maximum atomic E-state index is 13.2. The molecule has 3 aromatic carbocycles. The Hall–Kier alpha value is -3.23. The highest BCUT2D eigenvalue weighted by molar-refractivity contribution is 9.11. The predicted octanol–water partition coefficient (Wildman–Crippen LogP) is 6.38. The van der Waals surface area contributed by atoms with E-state index in [9.17, 15) is 14.4 Å². The molecule has 0 saturated carbocycles. The summed E-state index contributed by atoms with van der Waals surface area (Å²) >= 11 is 7.04. The number of hydrogen-bond donors (Lipinski definition) is 1. The summed E-state index contributed by atoms with van der Waals surface area (Å²) in [5, 5.41) is 2.26. The topological polar surface area (TPSA) is 75.7 Å². The smallest absolute Gasteiger partial charge is 0.335 e. The highest BCUT2D eigenvalue weighted by atomic mass is 79.9. The first-order valence-corrected chi connectivity index (χ1v) is 12.4. The molecular formula is C27H22Br2N2O4. The van der Waals surface area contributed by atoms with Gasteiger partial charge in [0, 0.05) is 0 Å². The summed E-state index contributed by atoms with van der Waals surface area (Å²) in [6.45, 7) is 6.16.